The first-order valence-corrected chi connectivity index (χ1v) is 12.7. The third-order valence-corrected chi connectivity index (χ3v) is 5.52. The molecule has 0 atom stereocenters. The summed E-state index contributed by atoms with van der Waals surface area (Å²) in [6.45, 7) is 4.43. The van der Waals surface area contributed by atoms with E-state index in [4.69, 9.17) is 9.47 Å². The zero-order valence-electron chi connectivity index (χ0n) is 20.0. The average Bonchev–Trinajstić information content (AvgIpc) is 2.76. The third kappa shape index (κ3) is 14.7. The monoisotopic (exact) mass is 432 g/mol. The molecule has 4 nitrogen and oxygen atoms in total. The predicted octanol–water partition coefficient (Wildman–Crippen LogP) is 8.17. The van der Waals surface area contributed by atoms with E-state index in [0.29, 0.717) is 24.3 Å². The van der Waals surface area contributed by atoms with Crippen LogP contribution >= 0.6 is 0 Å². The molecule has 0 aliphatic heterocycles. The van der Waals surface area contributed by atoms with Crippen molar-refractivity contribution in [2.24, 2.45) is 0 Å². The van der Waals surface area contributed by atoms with Crippen LogP contribution in [0.2, 0.25) is 0 Å². The first-order valence-electron chi connectivity index (χ1n) is 12.7. The van der Waals surface area contributed by atoms with Crippen LogP contribution < -0.4 is 9.47 Å². The number of hydrogen-bond acceptors (Lipinski definition) is 4. The van der Waals surface area contributed by atoms with Crippen LogP contribution in [-0.2, 0) is 9.59 Å². The molecule has 0 N–H and O–H groups in total. The van der Waals surface area contributed by atoms with Gasteiger partial charge < -0.3 is 9.47 Å². The summed E-state index contributed by atoms with van der Waals surface area (Å²) in [7, 11) is 0. The van der Waals surface area contributed by atoms with Gasteiger partial charge in [0.2, 0.25) is 0 Å². The molecular formula is C27H44O4. The largest absolute Gasteiger partial charge is 0.423 e. The minimum Gasteiger partial charge on any atom is -0.423 e. The molecule has 0 heterocycles. The summed E-state index contributed by atoms with van der Waals surface area (Å²) in [5.74, 6) is 0.140. The first-order chi connectivity index (χ1) is 15.2. The molecule has 0 saturated heterocycles. The van der Waals surface area contributed by atoms with Crippen LogP contribution in [0.1, 0.15) is 123 Å². The summed E-state index contributed by atoms with van der Waals surface area (Å²) in [6.07, 6.45) is 18.4. The summed E-state index contributed by atoms with van der Waals surface area (Å²) >= 11 is 0. The molecule has 0 aromatic heterocycles. The van der Waals surface area contributed by atoms with Gasteiger partial charge in [0, 0.05) is 12.8 Å². The molecule has 0 radical (unpaired) electrons. The number of esters is 2. The van der Waals surface area contributed by atoms with E-state index in [1.165, 1.54) is 70.6 Å². The second kappa shape index (κ2) is 18.9. The number of benzene rings is 1. The SMILES string of the molecule is CCCCCCCCCCC(=O)Oc1ccccc1OC(=O)CCCCCCCCC. The smallest absolute Gasteiger partial charge is 0.311 e. The Morgan fingerprint density at radius 3 is 1.23 bits per heavy atom. The van der Waals surface area contributed by atoms with Crippen molar-refractivity contribution in [1.29, 1.82) is 0 Å². The van der Waals surface area contributed by atoms with E-state index in [-0.39, 0.29) is 11.9 Å². The fourth-order valence-corrected chi connectivity index (χ4v) is 3.60. The fourth-order valence-electron chi connectivity index (χ4n) is 3.60. The van der Waals surface area contributed by atoms with Gasteiger partial charge in [0.15, 0.2) is 11.5 Å². The molecule has 0 spiro atoms. The predicted molar refractivity (Wildman–Crippen MR) is 128 cm³/mol. The molecule has 31 heavy (non-hydrogen) atoms. The summed E-state index contributed by atoms with van der Waals surface area (Å²) in [5, 5.41) is 0. The van der Waals surface area contributed by atoms with Gasteiger partial charge in [0.05, 0.1) is 0 Å². The zero-order chi connectivity index (χ0) is 22.6. The van der Waals surface area contributed by atoms with Crippen LogP contribution in [0.5, 0.6) is 11.5 Å². The number of para-hydroxylation sites is 2. The Morgan fingerprint density at radius 2 is 0.871 bits per heavy atom. The quantitative estimate of drug-likeness (QED) is 0.126. The number of carbonyl (C=O) groups is 2. The average molecular weight is 433 g/mol. The van der Waals surface area contributed by atoms with E-state index in [1.807, 2.05) is 0 Å². The van der Waals surface area contributed by atoms with Crippen molar-refractivity contribution in [3.8, 4) is 11.5 Å². The van der Waals surface area contributed by atoms with Crippen molar-refractivity contribution in [3.05, 3.63) is 24.3 Å². The Hall–Kier alpha value is -1.84. The molecular weight excluding hydrogens is 388 g/mol. The summed E-state index contributed by atoms with van der Waals surface area (Å²) in [4.78, 5) is 24.3. The number of ether oxygens (including phenoxy) is 2. The molecule has 0 amide bonds. The minimum atomic E-state index is -0.264. The van der Waals surface area contributed by atoms with Crippen molar-refractivity contribution in [2.75, 3.05) is 0 Å². The summed E-state index contributed by atoms with van der Waals surface area (Å²) < 4.78 is 10.9. The highest BCUT2D eigenvalue weighted by Gasteiger charge is 2.13. The molecule has 1 aromatic carbocycles. The van der Waals surface area contributed by atoms with Gasteiger partial charge >= 0.3 is 11.9 Å². The number of carbonyl (C=O) groups excluding carboxylic acids is 2. The molecule has 0 aliphatic rings. The first kappa shape index (κ1) is 27.2. The van der Waals surface area contributed by atoms with Gasteiger partial charge in [0.1, 0.15) is 0 Å². The van der Waals surface area contributed by atoms with Crippen molar-refractivity contribution in [3.63, 3.8) is 0 Å². The minimum absolute atomic E-state index is 0.262. The van der Waals surface area contributed by atoms with E-state index in [9.17, 15) is 9.59 Å². The van der Waals surface area contributed by atoms with Gasteiger partial charge in [-0.1, -0.05) is 109 Å². The molecule has 0 unspecified atom stereocenters. The summed E-state index contributed by atoms with van der Waals surface area (Å²) in [6, 6.07) is 6.93. The Labute approximate surface area is 190 Å². The highest BCUT2D eigenvalue weighted by Crippen LogP contribution is 2.27. The van der Waals surface area contributed by atoms with Crippen molar-refractivity contribution in [2.45, 2.75) is 123 Å². The van der Waals surface area contributed by atoms with Crippen molar-refractivity contribution >= 4 is 11.9 Å². The molecule has 1 aromatic rings. The second-order valence-corrected chi connectivity index (χ2v) is 8.49. The number of hydrogen-bond donors (Lipinski definition) is 0. The number of unbranched alkanes of at least 4 members (excludes halogenated alkanes) is 13. The molecule has 0 saturated carbocycles. The maximum absolute atomic E-state index is 12.2. The molecule has 0 bridgehead atoms. The lowest BCUT2D eigenvalue weighted by Gasteiger charge is -2.10. The molecule has 4 heteroatoms. The highest BCUT2D eigenvalue weighted by molar-refractivity contribution is 5.76. The van der Waals surface area contributed by atoms with Gasteiger partial charge in [-0.25, -0.2) is 0 Å². The van der Waals surface area contributed by atoms with Crippen LogP contribution in [0.4, 0.5) is 0 Å². The van der Waals surface area contributed by atoms with Crippen LogP contribution in [0.3, 0.4) is 0 Å². The van der Waals surface area contributed by atoms with Gasteiger partial charge in [-0.2, -0.15) is 0 Å². The third-order valence-electron chi connectivity index (χ3n) is 5.52. The van der Waals surface area contributed by atoms with Gasteiger partial charge in [-0.05, 0) is 25.0 Å². The Bertz CT molecular complexity index is 597. The van der Waals surface area contributed by atoms with Crippen molar-refractivity contribution in [1.82, 2.24) is 0 Å². The van der Waals surface area contributed by atoms with Gasteiger partial charge in [0.25, 0.3) is 0 Å². The van der Waals surface area contributed by atoms with Crippen LogP contribution in [-0.4, -0.2) is 11.9 Å². The lowest BCUT2D eigenvalue weighted by atomic mass is 10.1. The van der Waals surface area contributed by atoms with Gasteiger partial charge in [-0.3, -0.25) is 9.59 Å². The molecule has 1 rings (SSSR count). The van der Waals surface area contributed by atoms with E-state index >= 15 is 0 Å². The molecule has 176 valence electrons. The zero-order valence-corrected chi connectivity index (χ0v) is 20.0. The Balaban J connectivity index is 2.24. The van der Waals surface area contributed by atoms with Crippen LogP contribution in [0.25, 0.3) is 0 Å². The lowest BCUT2D eigenvalue weighted by Crippen LogP contribution is -2.12. The van der Waals surface area contributed by atoms with Crippen molar-refractivity contribution < 1.29 is 19.1 Å². The van der Waals surface area contributed by atoms with Gasteiger partial charge in [-0.15, -0.1) is 0 Å². The Kier molecular flexibility index (Phi) is 16.6. The fraction of sp³-hybridized carbons (Fsp3) is 0.704. The standard InChI is InChI=1S/C27H44O4/c1-3-5-7-9-11-13-15-17-23-27(29)31-25-21-19-18-20-24(25)30-26(28)22-16-14-12-10-8-6-4-2/h18-21H,3-17,22-23H2,1-2H3. The summed E-state index contributed by atoms with van der Waals surface area (Å²) in [5.41, 5.74) is 0. The highest BCUT2D eigenvalue weighted by atomic mass is 16.6. The maximum atomic E-state index is 12.2. The molecule has 0 aliphatic carbocycles. The lowest BCUT2D eigenvalue weighted by molar-refractivity contribution is -0.137. The van der Waals surface area contributed by atoms with Crippen LogP contribution in [0, 0.1) is 0 Å². The van der Waals surface area contributed by atoms with Crippen LogP contribution in [0.15, 0.2) is 24.3 Å². The van der Waals surface area contributed by atoms with E-state index in [0.717, 1.165) is 25.7 Å². The van der Waals surface area contributed by atoms with E-state index in [2.05, 4.69) is 13.8 Å². The van der Waals surface area contributed by atoms with E-state index in [1.54, 1.807) is 24.3 Å². The van der Waals surface area contributed by atoms with E-state index < -0.39 is 0 Å². The second-order valence-electron chi connectivity index (χ2n) is 8.49. The topological polar surface area (TPSA) is 52.6 Å². The molecule has 0 fully saturated rings. The normalized spacial score (nSPS) is 10.8. The Morgan fingerprint density at radius 1 is 0.548 bits per heavy atom. The maximum Gasteiger partial charge on any atom is 0.311 e. The number of rotatable bonds is 19.